The molecule has 1 aromatic rings. The Balaban J connectivity index is 1.67. The lowest BCUT2D eigenvalue weighted by atomic mass is 10.1. The summed E-state index contributed by atoms with van der Waals surface area (Å²) in [5.74, 6) is 0.178. The van der Waals surface area contributed by atoms with Crippen LogP contribution in [0.15, 0.2) is 24.3 Å². The number of ether oxygens (including phenoxy) is 1. The van der Waals surface area contributed by atoms with E-state index in [0.717, 1.165) is 38.4 Å². The molecule has 0 bridgehead atoms. The van der Waals surface area contributed by atoms with Crippen LogP contribution in [0, 0.1) is 0 Å². The van der Waals surface area contributed by atoms with Crippen molar-refractivity contribution in [1.82, 2.24) is 10.2 Å². The van der Waals surface area contributed by atoms with Crippen molar-refractivity contribution in [1.29, 1.82) is 0 Å². The predicted octanol–water partition coefficient (Wildman–Crippen LogP) is 0.383. The molecule has 0 aromatic heterocycles. The molecule has 1 fully saturated rings. The molecule has 0 unspecified atom stereocenters. The van der Waals surface area contributed by atoms with Crippen LogP contribution in [0.25, 0.3) is 0 Å². The van der Waals surface area contributed by atoms with E-state index in [2.05, 4.69) is 10.2 Å². The number of aromatic hydroxyl groups is 1. The summed E-state index contributed by atoms with van der Waals surface area (Å²) >= 11 is 0. The van der Waals surface area contributed by atoms with Crippen LogP contribution in [0.5, 0.6) is 5.75 Å². The number of amides is 1. The minimum atomic E-state index is -0.0149. The summed E-state index contributed by atoms with van der Waals surface area (Å²) in [6.45, 7) is 4.92. The summed E-state index contributed by atoms with van der Waals surface area (Å²) in [7, 11) is 0. The first-order chi connectivity index (χ1) is 9.24. The number of phenolic OH excluding ortho intramolecular Hbond substituents is 1. The van der Waals surface area contributed by atoms with E-state index in [9.17, 15) is 9.90 Å². The first-order valence-electron chi connectivity index (χ1n) is 6.59. The number of hydrogen-bond donors (Lipinski definition) is 2. The van der Waals surface area contributed by atoms with Crippen molar-refractivity contribution in [2.75, 3.05) is 39.4 Å². The number of nitrogens with zero attached hydrogens (tertiary/aromatic N) is 1. The molecule has 2 rings (SSSR count). The minimum absolute atomic E-state index is 0.0149. The fourth-order valence-corrected chi connectivity index (χ4v) is 2.09. The number of carbonyl (C=O) groups excluding carboxylic acids is 1. The van der Waals surface area contributed by atoms with Gasteiger partial charge in [-0.25, -0.2) is 0 Å². The molecule has 0 aliphatic carbocycles. The van der Waals surface area contributed by atoms with Gasteiger partial charge in [0.15, 0.2) is 0 Å². The summed E-state index contributed by atoms with van der Waals surface area (Å²) in [5, 5.41) is 12.2. The molecule has 1 aromatic carbocycles. The van der Waals surface area contributed by atoms with Crippen molar-refractivity contribution in [3.05, 3.63) is 29.8 Å². The van der Waals surface area contributed by atoms with E-state index in [0.29, 0.717) is 13.0 Å². The average Bonchev–Trinajstić information content (AvgIpc) is 2.40. The first kappa shape index (κ1) is 13.8. The molecule has 0 atom stereocenters. The summed E-state index contributed by atoms with van der Waals surface area (Å²) in [6.07, 6.45) is 0.303. The standard InChI is InChI=1S/C14H20N2O3/c17-13-3-1-2-12(10-13)11-14(18)15-4-5-16-6-8-19-9-7-16/h1-3,10,17H,4-9,11H2,(H,15,18). The highest BCUT2D eigenvalue weighted by Crippen LogP contribution is 2.11. The highest BCUT2D eigenvalue weighted by molar-refractivity contribution is 5.78. The Morgan fingerprint density at radius 1 is 1.37 bits per heavy atom. The largest absolute Gasteiger partial charge is 0.508 e. The van der Waals surface area contributed by atoms with Crippen molar-refractivity contribution in [2.24, 2.45) is 0 Å². The van der Waals surface area contributed by atoms with E-state index in [4.69, 9.17) is 4.74 Å². The van der Waals surface area contributed by atoms with E-state index in [1.54, 1.807) is 18.2 Å². The predicted molar refractivity (Wildman–Crippen MR) is 72.1 cm³/mol. The zero-order valence-electron chi connectivity index (χ0n) is 11.0. The fourth-order valence-electron chi connectivity index (χ4n) is 2.09. The first-order valence-corrected chi connectivity index (χ1v) is 6.59. The molecule has 2 N–H and O–H groups in total. The molecule has 5 heteroatoms. The van der Waals surface area contributed by atoms with Gasteiger partial charge in [0, 0.05) is 26.2 Å². The third-order valence-electron chi connectivity index (χ3n) is 3.13. The SMILES string of the molecule is O=C(Cc1cccc(O)c1)NCCN1CCOCC1. The van der Waals surface area contributed by atoms with Crippen LogP contribution < -0.4 is 5.32 Å². The van der Waals surface area contributed by atoms with E-state index >= 15 is 0 Å². The zero-order valence-corrected chi connectivity index (χ0v) is 11.0. The number of nitrogens with one attached hydrogen (secondary N) is 1. The molecule has 1 aliphatic rings. The van der Waals surface area contributed by atoms with Crippen LogP contribution in [0.3, 0.4) is 0 Å². The summed E-state index contributed by atoms with van der Waals surface area (Å²) in [4.78, 5) is 14.0. The molecule has 0 saturated carbocycles. The van der Waals surface area contributed by atoms with Crippen molar-refractivity contribution >= 4 is 5.91 Å². The van der Waals surface area contributed by atoms with Crippen molar-refractivity contribution in [3.63, 3.8) is 0 Å². The third-order valence-corrected chi connectivity index (χ3v) is 3.13. The normalized spacial score (nSPS) is 16.2. The van der Waals surface area contributed by atoms with Crippen LogP contribution in [0.1, 0.15) is 5.56 Å². The Labute approximate surface area is 113 Å². The lowest BCUT2D eigenvalue weighted by molar-refractivity contribution is -0.120. The van der Waals surface area contributed by atoms with Crippen molar-refractivity contribution < 1.29 is 14.6 Å². The molecular formula is C14H20N2O3. The number of phenols is 1. The van der Waals surface area contributed by atoms with E-state index in [1.165, 1.54) is 0 Å². The second-order valence-electron chi connectivity index (χ2n) is 4.65. The summed E-state index contributed by atoms with van der Waals surface area (Å²) in [5.41, 5.74) is 0.823. The maximum Gasteiger partial charge on any atom is 0.224 e. The lowest BCUT2D eigenvalue weighted by Crippen LogP contribution is -2.41. The van der Waals surface area contributed by atoms with E-state index in [-0.39, 0.29) is 11.7 Å². The van der Waals surface area contributed by atoms with Crippen LogP contribution in [-0.4, -0.2) is 55.3 Å². The molecule has 1 heterocycles. The van der Waals surface area contributed by atoms with Crippen LogP contribution in [0.2, 0.25) is 0 Å². The maximum absolute atomic E-state index is 11.7. The fraction of sp³-hybridized carbons (Fsp3) is 0.500. The van der Waals surface area contributed by atoms with Crippen molar-refractivity contribution in [3.8, 4) is 5.75 Å². The smallest absolute Gasteiger partial charge is 0.224 e. The zero-order chi connectivity index (χ0) is 13.5. The Kier molecular flexibility index (Phi) is 5.18. The van der Waals surface area contributed by atoms with Gasteiger partial charge in [-0.3, -0.25) is 9.69 Å². The van der Waals surface area contributed by atoms with E-state index in [1.807, 2.05) is 6.07 Å². The Hall–Kier alpha value is -1.59. The molecule has 5 nitrogen and oxygen atoms in total. The number of morpholine rings is 1. The molecule has 1 saturated heterocycles. The van der Waals surface area contributed by atoms with Gasteiger partial charge >= 0.3 is 0 Å². The molecular weight excluding hydrogens is 244 g/mol. The monoisotopic (exact) mass is 264 g/mol. The topological polar surface area (TPSA) is 61.8 Å². The van der Waals surface area contributed by atoms with Gasteiger partial charge in [-0.1, -0.05) is 12.1 Å². The van der Waals surface area contributed by atoms with Gasteiger partial charge in [0.05, 0.1) is 19.6 Å². The highest BCUT2D eigenvalue weighted by atomic mass is 16.5. The molecule has 0 spiro atoms. The van der Waals surface area contributed by atoms with Gasteiger partial charge in [0.25, 0.3) is 0 Å². The average molecular weight is 264 g/mol. The van der Waals surface area contributed by atoms with Gasteiger partial charge in [-0.05, 0) is 17.7 Å². The molecule has 19 heavy (non-hydrogen) atoms. The summed E-state index contributed by atoms with van der Waals surface area (Å²) in [6, 6.07) is 6.79. The third kappa shape index (κ3) is 4.89. The van der Waals surface area contributed by atoms with Gasteiger partial charge in [-0.2, -0.15) is 0 Å². The van der Waals surface area contributed by atoms with Crippen LogP contribution >= 0.6 is 0 Å². The lowest BCUT2D eigenvalue weighted by Gasteiger charge is -2.26. The quantitative estimate of drug-likeness (QED) is 0.807. The number of rotatable bonds is 5. The second kappa shape index (κ2) is 7.11. The minimum Gasteiger partial charge on any atom is -0.508 e. The van der Waals surface area contributed by atoms with Gasteiger partial charge in [0.2, 0.25) is 5.91 Å². The second-order valence-corrected chi connectivity index (χ2v) is 4.65. The Bertz CT molecular complexity index is 417. The van der Waals surface area contributed by atoms with Gasteiger partial charge < -0.3 is 15.2 Å². The Morgan fingerprint density at radius 2 is 2.16 bits per heavy atom. The Morgan fingerprint density at radius 3 is 2.89 bits per heavy atom. The molecule has 0 radical (unpaired) electrons. The maximum atomic E-state index is 11.7. The molecule has 104 valence electrons. The molecule has 1 aliphatic heterocycles. The number of carbonyl (C=O) groups is 1. The van der Waals surface area contributed by atoms with Crippen LogP contribution in [-0.2, 0) is 16.0 Å². The highest BCUT2D eigenvalue weighted by Gasteiger charge is 2.10. The van der Waals surface area contributed by atoms with Crippen LogP contribution in [0.4, 0.5) is 0 Å². The number of benzene rings is 1. The van der Waals surface area contributed by atoms with Gasteiger partial charge in [-0.15, -0.1) is 0 Å². The van der Waals surface area contributed by atoms with Crippen molar-refractivity contribution in [2.45, 2.75) is 6.42 Å². The van der Waals surface area contributed by atoms with Gasteiger partial charge in [0.1, 0.15) is 5.75 Å². The van der Waals surface area contributed by atoms with E-state index < -0.39 is 0 Å². The summed E-state index contributed by atoms with van der Waals surface area (Å²) < 4.78 is 5.26. The molecule has 1 amide bonds. The number of hydrogen-bond acceptors (Lipinski definition) is 4.